The highest BCUT2D eigenvalue weighted by Gasteiger charge is 2.46. The molecule has 1 aromatic rings. The van der Waals surface area contributed by atoms with E-state index in [1.54, 1.807) is 6.07 Å². The van der Waals surface area contributed by atoms with Crippen molar-refractivity contribution in [2.24, 2.45) is 11.3 Å². The van der Waals surface area contributed by atoms with Crippen LogP contribution in [0.5, 0.6) is 5.75 Å². The van der Waals surface area contributed by atoms with Crippen molar-refractivity contribution in [3.63, 3.8) is 0 Å². The van der Waals surface area contributed by atoms with Gasteiger partial charge >= 0.3 is 12.1 Å². The molecule has 1 saturated heterocycles. The second-order valence-electron chi connectivity index (χ2n) is 8.82. The maximum absolute atomic E-state index is 13.9. The number of carbonyl (C=O) groups is 2. The van der Waals surface area contributed by atoms with Crippen LogP contribution < -0.4 is 4.74 Å². The third kappa shape index (κ3) is 5.43. The van der Waals surface area contributed by atoms with Crippen molar-refractivity contribution in [3.8, 4) is 5.75 Å². The van der Waals surface area contributed by atoms with Gasteiger partial charge in [0.05, 0.1) is 25.4 Å². The number of esters is 1. The molecule has 0 atom stereocenters. The van der Waals surface area contributed by atoms with Gasteiger partial charge in [0.15, 0.2) is 0 Å². The van der Waals surface area contributed by atoms with Gasteiger partial charge in [-0.2, -0.15) is 0 Å². The van der Waals surface area contributed by atoms with Crippen molar-refractivity contribution in [1.82, 2.24) is 4.90 Å². The average molecular weight is 422 g/mol. The fourth-order valence-corrected chi connectivity index (χ4v) is 4.64. The van der Waals surface area contributed by atoms with Crippen molar-refractivity contribution in [2.45, 2.75) is 58.5 Å². The van der Waals surface area contributed by atoms with Crippen LogP contribution in [0.2, 0.25) is 0 Å². The first-order valence-electron chi connectivity index (χ1n) is 10.8. The molecule has 6 nitrogen and oxygen atoms in total. The first-order chi connectivity index (χ1) is 14.3. The Labute approximate surface area is 177 Å². The summed E-state index contributed by atoms with van der Waals surface area (Å²) in [5.74, 6) is -0.211. The number of halogens is 1. The average Bonchev–Trinajstić information content (AvgIpc) is 2.69. The molecule has 0 aromatic heterocycles. The Bertz CT molecular complexity index is 750. The topological polar surface area (TPSA) is 65.1 Å². The number of benzene rings is 1. The Kier molecular flexibility index (Phi) is 7.21. The van der Waals surface area contributed by atoms with E-state index in [2.05, 4.69) is 4.74 Å². The normalized spacial score (nSPS) is 18.2. The van der Waals surface area contributed by atoms with Gasteiger partial charge in [-0.25, -0.2) is 14.0 Å². The minimum Gasteiger partial charge on any atom is -0.493 e. The lowest BCUT2D eigenvalue weighted by Crippen LogP contribution is -2.49. The third-order valence-corrected chi connectivity index (χ3v) is 6.23. The highest BCUT2D eigenvalue weighted by atomic mass is 19.1. The summed E-state index contributed by atoms with van der Waals surface area (Å²) in [6, 6.07) is 4.20. The highest BCUT2D eigenvalue weighted by molar-refractivity contribution is 5.89. The Morgan fingerprint density at radius 1 is 1.23 bits per heavy atom. The quantitative estimate of drug-likeness (QED) is 0.467. The van der Waals surface area contributed by atoms with E-state index in [1.165, 1.54) is 32.1 Å². The predicted molar refractivity (Wildman–Crippen MR) is 110 cm³/mol. The third-order valence-electron chi connectivity index (χ3n) is 6.23. The summed E-state index contributed by atoms with van der Waals surface area (Å²) in [6.07, 6.45) is 6.26. The lowest BCUT2D eigenvalue weighted by atomic mass is 9.56. The van der Waals surface area contributed by atoms with Crippen molar-refractivity contribution < 1.29 is 28.2 Å². The van der Waals surface area contributed by atoms with Gasteiger partial charge in [-0.15, -0.1) is 0 Å². The molecule has 0 radical (unpaired) electrons. The maximum Gasteiger partial charge on any atom is 0.410 e. The minimum absolute atomic E-state index is 0.0778. The number of carbonyl (C=O) groups excluding carboxylic acids is 2. The van der Waals surface area contributed by atoms with Crippen LogP contribution in [0.3, 0.4) is 0 Å². The van der Waals surface area contributed by atoms with Crippen LogP contribution in [0.4, 0.5) is 9.18 Å². The molecule has 1 aliphatic heterocycles. The van der Waals surface area contributed by atoms with Gasteiger partial charge in [-0.3, -0.25) is 0 Å². The molecule has 1 amide bonds. The SMILES string of the molecule is COC(=O)c1ccc(OCCCC2CC3(CCN(C(=O)OC(C)C)CC3)C2)cc1F. The fourth-order valence-electron chi connectivity index (χ4n) is 4.64. The van der Waals surface area contributed by atoms with Crippen LogP contribution in [0.25, 0.3) is 0 Å². The van der Waals surface area contributed by atoms with Crippen LogP contribution in [-0.2, 0) is 9.47 Å². The van der Waals surface area contributed by atoms with Crippen LogP contribution in [0.15, 0.2) is 18.2 Å². The number of hydrogen-bond donors (Lipinski definition) is 0. The van der Waals surface area contributed by atoms with Crippen LogP contribution in [0, 0.1) is 17.2 Å². The summed E-state index contributed by atoms with van der Waals surface area (Å²) < 4.78 is 29.4. The molecule has 1 spiro atoms. The number of likely N-dealkylation sites (tertiary alicyclic amines) is 1. The summed E-state index contributed by atoms with van der Waals surface area (Å²) in [6.45, 7) is 5.84. The molecule has 1 heterocycles. The Hall–Kier alpha value is -2.31. The van der Waals surface area contributed by atoms with Gasteiger partial charge in [0.1, 0.15) is 11.6 Å². The number of ether oxygens (including phenoxy) is 3. The van der Waals surface area contributed by atoms with Gasteiger partial charge in [0, 0.05) is 19.2 Å². The Morgan fingerprint density at radius 3 is 2.53 bits per heavy atom. The van der Waals surface area contributed by atoms with E-state index in [0.717, 1.165) is 38.8 Å². The zero-order valence-corrected chi connectivity index (χ0v) is 18.1. The molecule has 1 saturated carbocycles. The molecule has 2 fully saturated rings. The van der Waals surface area contributed by atoms with Gasteiger partial charge < -0.3 is 19.1 Å². The Morgan fingerprint density at radius 2 is 1.93 bits per heavy atom. The first-order valence-corrected chi connectivity index (χ1v) is 10.8. The molecule has 1 aromatic carbocycles. The lowest BCUT2D eigenvalue weighted by molar-refractivity contribution is -0.0203. The molecule has 166 valence electrons. The van der Waals surface area contributed by atoms with E-state index in [-0.39, 0.29) is 17.8 Å². The smallest absolute Gasteiger partial charge is 0.410 e. The predicted octanol–water partition coefficient (Wildman–Crippen LogP) is 4.81. The summed E-state index contributed by atoms with van der Waals surface area (Å²) in [5.41, 5.74) is 0.306. The van der Waals surface area contributed by atoms with Crippen molar-refractivity contribution in [1.29, 1.82) is 0 Å². The molecule has 1 aliphatic carbocycles. The summed E-state index contributed by atoms with van der Waals surface area (Å²) >= 11 is 0. The van der Waals surface area contributed by atoms with E-state index in [9.17, 15) is 14.0 Å². The van der Waals surface area contributed by atoms with E-state index in [0.29, 0.717) is 23.7 Å². The van der Waals surface area contributed by atoms with Crippen molar-refractivity contribution in [2.75, 3.05) is 26.8 Å². The molecule has 7 heteroatoms. The monoisotopic (exact) mass is 421 g/mol. The molecule has 3 rings (SSSR count). The number of nitrogens with zero attached hydrogens (tertiary/aromatic N) is 1. The summed E-state index contributed by atoms with van der Waals surface area (Å²) in [7, 11) is 1.22. The molecular formula is C23H32FNO5. The summed E-state index contributed by atoms with van der Waals surface area (Å²) in [4.78, 5) is 25.3. The second kappa shape index (κ2) is 9.67. The first kappa shape index (κ1) is 22.4. The van der Waals surface area contributed by atoms with Gasteiger partial charge in [0.2, 0.25) is 0 Å². The van der Waals surface area contributed by atoms with Crippen molar-refractivity contribution in [3.05, 3.63) is 29.6 Å². The molecule has 0 bridgehead atoms. The van der Waals surface area contributed by atoms with Crippen molar-refractivity contribution >= 4 is 12.1 Å². The fraction of sp³-hybridized carbons (Fsp3) is 0.652. The molecule has 30 heavy (non-hydrogen) atoms. The van der Waals surface area contributed by atoms with Crippen LogP contribution in [0.1, 0.15) is 62.7 Å². The van der Waals surface area contributed by atoms with Gasteiger partial charge in [-0.1, -0.05) is 0 Å². The number of methoxy groups -OCH3 is 1. The zero-order chi connectivity index (χ0) is 21.7. The number of hydrogen-bond acceptors (Lipinski definition) is 5. The Balaban J connectivity index is 1.33. The molecule has 2 aliphatic rings. The zero-order valence-electron chi connectivity index (χ0n) is 18.1. The standard InChI is InChI=1S/C23H32FNO5/c1-16(2)30-22(27)25-10-8-23(9-11-25)14-17(15-23)5-4-12-29-18-6-7-19(20(24)13-18)21(26)28-3/h6-7,13,16-17H,4-5,8-12,14-15H2,1-3H3. The highest BCUT2D eigenvalue weighted by Crippen LogP contribution is 2.54. The van der Waals surface area contributed by atoms with Crippen LogP contribution >= 0.6 is 0 Å². The largest absolute Gasteiger partial charge is 0.493 e. The second-order valence-corrected chi connectivity index (χ2v) is 8.82. The lowest BCUT2D eigenvalue weighted by Gasteiger charge is -2.52. The molecule has 0 unspecified atom stereocenters. The van der Waals surface area contributed by atoms with Gasteiger partial charge in [0.25, 0.3) is 0 Å². The van der Waals surface area contributed by atoms with E-state index in [4.69, 9.17) is 9.47 Å². The van der Waals surface area contributed by atoms with Gasteiger partial charge in [-0.05, 0) is 75.8 Å². The van der Waals surface area contributed by atoms with E-state index >= 15 is 0 Å². The number of rotatable bonds is 7. The van der Waals surface area contributed by atoms with E-state index < -0.39 is 11.8 Å². The minimum atomic E-state index is -0.694. The summed E-state index contributed by atoms with van der Waals surface area (Å²) in [5, 5.41) is 0. The molecule has 0 N–H and O–H groups in total. The van der Waals surface area contributed by atoms with E-state index in [1.807, 2.05) is 18.7 Å². The van der Waals surface area contributed by atoms with Crippen LogP contribution in [-0.4, -0.2) is 49.9 Å². The number of amides is 1. The molecular weight excluding hydrogens is 389 g/mol. The maximum atomic E-state index is 13.9. The number of piperidine rings is 1.